The molecular weight excluding hydrogens is 218 g/mol. The topological polar surface area (TPSA) is 3.24 Å². The fraction of sp³-hybridized carbons (Fsp3) is 0.647. The second-order valence-corrected chi connectivity index (χ2v) is 6.43. The van der Waals surface area contributed by atoms with Crippen molar-refractivity contribution in [3.63, 3.8) is 0 Å². The second kappa shape index (κ2) is 4.09. The van der Waals surface area contributed by atoms with Crippen molar-refractivity contribution in [1.29, 1.82) is 0 Å². The third-order valence-corrected chi connectivity index (χ3v) is 5.67. The summed E-state index contributed by atoms with van der Waals surface area (Å²) in [5.74, 6) is 1.82. The number of rotatable bonds is 2. The molecule has 1 heterocycles. The van der Waals surface area contributed by atoms with E-state index in [0.29, 0.717) is 5.54 Å². The maximum Gasteiger partial charge on any atom is 0.0316 e. The predicted octanol–water partition coefficient (Wildman–Crippen LogP) is 3.81. The minimum Gasteiger partial charge on any atom is -0.297 e. The summed E-state index contributed by atoms with van der Waals surface area (Å²) >= 11 is 0. The summed E-state index contributed by atoms with van der Waals surface area (Å²) in [4.78, 5) is 2.87. The van der Waals surface area contributed by atoms with Gasteiger partial charge in [0.15, 0.2) is 0 Å². The maximum absolute atomic E-state index is 2.87. The number of fused-ring (bicyclic) bond motifs is 1. The van der Waals surface area contributed by atoms with Crippen LogP contribution in [-0.2, 0) is 0 Å². The van der Waals surface area contributed by atoms with E-state index in [9.17, 15) is 0 Å². The third kappa shape index (κ3) is 1.43. The Kier molecular flexibility index (Phi) is 2.51. The van der Waals surface area contributed by atoms with Crippen LogP contribution >= 0.6 is 0 Å². The lowest BCUT2D eigenvalue weighted by Gasteiger charge is -2.35. The molecule has 3 fully saturated rings. The van der Waals surface area contributed by atoms with E-state index in [1.807, 2.05) is 0 Å². The molecule has 0 unspecified atom stereocenters. The Morgan fingerprint density at radius 2 is 1.72 bits per heavy atom. The summed E-state index contributed by atoms with van der Waals surface area (Å²) in [5.41, 5.74) is 2.19. The predicted molar refractivity (Wildman–Crippen MR) is 74.7 cm³/mol. The van der Waals surface area contributed by atoms with Crippen molar-refractivity contribution < 1.29 is 0 Å². The van der Waals surface area contributed by atoms with Gasteiger partial charge in [0.2, 0.25) is 0 Å². The molecule has 0 N–H and O–H groups in total. The highest BCUT2D eigenvalue weighted by Crippen LogP contribution is 2.69. The van der Waals surface area contributed by atoms with Crippen molar-refractivity contribution in [2.75, 3.05) is 13.1 Å². The van der Waals surface area contributed by atoms with Crippen molar-refractivity contribution in [3.8, 4) is 0 Å². The van der Waals surface area contributed by atoms with Gasteiger partial charge in [-0.2, -0.15) is 0 Å². The highest BCUT2D eigenvalue weighted by atomic mass is 15.3. The zero-order valence-corrected chi connectivity index (χ0v) is 11.1. The number of hydrogen-bond acceptors (Lipinski definition) is 1. The first-order valence-corrected chi connectivity index (χ1v) is 7.73. The number of likely N-dealkylation sites (tertiary alicyclic amines) is 1. The molecular formula is C17H23N. The maximum atomic E-state index is 2.87. The molecule has 1 heteroatoms. The van der Waals surface area contributed by atoms with Crippen LogP contribution in [0.15, 0.2) is 30.3 Å². The summed E-state index contributed by atoms with van der Waals surface area (Å²) in [6.45, 7) is 2.72. The van der Waals surface area contributed by atoms with E-state index in [1.54, 1.807) is 5.56 Å². The molecule has 1 nitrogen and oxygen atoms in total. The van der Waals surface area contributed by atoms with Crippen molar-refractivity contribution in [2.24, 2.45) is 5.92 Å². The average Bonchev–Trinajstić information content (AvgIpc) is 2.90. The zero-order chi connectivity index (χ0) is 12.0. The molecule has 4 rings (SSSR count). The lowest BCUT2D eigenvalue weighted by molar-refractivity contribution is 0.135. The summed E-state index contributed by atoms with van der Waals surface area (Å²) < 4.78 is 0. The fourth-order valence-electron chi connectivity index (χ4n) is 4.95. The Labute approximate surface area is 110 Å². The molecule has 18 heavy (non-hydrogen) atoms. The largest absolute Gasteiger partial charge is 0.297 e. The summed E-state index contributed by atoms with van der Waals surface area (Å²) in [7, 11) is 0. The Bertz CT molecular complexity index is 420. The lowest BCUT2D eigenvalue weighted by Crippen LogP contribution is -2.42. The first-order chi connectivity index (χ1) is 8.93. The molecule has 0 spiro atoms. The lowest BCUT2D eigenvalue weighted by atomic mass is 9.98. The van der Waals surface area contributed by atoms with Crippen LogP contribution in [0.3, 0.4) is 0 Å². The molecule has 3 aliphatic rings. The minimum atomic E-state index is 0.585. The Morgan fingerprint density at radius 1 is 0.944 bits per heavy atom. The molecule has 1 aromatic rings. The Morgan fingerprint density at radius 3 is 2.50 bits per heavy atom. The van der Waals surface area contributed by atoms with E-state index in [1.165, 1.54) is 51.6 Å². The smallest absolute Gasteiger partial charge is 0.0316 e. The van der Waals surface area contributed by atoms with Crippen molar-refractivity contribution in [1.82, 2.24) is 4.90 Å². The number of piperidine rings is 1. The Hall–Kier alpha value is -0.820. The monoisotopic (exact) mass is 241 g/mol. The van der Waals surface area contributed by atoms with E-state index in [4.69, 9.17) is 0 Å². The van der Waals surface area contributed by atoms with Gasteiger partial charge in [-0.25, -0.2) is 0 Å². The van der Waals surface area contributed by atoms with Crippen molar-refractivity contribution >= 4 is 0 Å². The van der Waals surface area contributed by atoms with Gasteiger partial charge in [-0.3, -0.25) is 4.90 Å². The van der Waals surface area contributed by atoms with Crippen LogP contribution in [0, 0.1) is 5.92 Å². The van der Waals surface area contributed by atoms with Gasteiger partial charge in [0.05, 0.1) is 0 Å². The van der Waals surface area contributed by atoms with E-state index in [-0.39, 0.29) is 0 Å². The van der Waals surface area contributed by atoms with Gasteiger partial charge in [-0.1, -0.05) is 43.2 Å². The van der Waals surface area contributed by atoms with Gasteiger partial charge < -0.3 is 0 Å². The quantitative estimate of drug-likeness (QED) is 0.761. The van der Waals surface area contributed by atoms with E-state index >= 15 is 0 Å². The summed E-state index contributed by atoms with van der Waals surface area (Å²) in [6.07, 6.45) is 8.69. The van der Waals surface area contributed by atoms with Gasteiger partial charge in [-0.05, 0) is 50.3 Å². The van der Waals surface area contributed by atoms with Crippen LogP contribution in [0.5, 0.6) is 0 Å². The third-order valence-electron chi connectivity index (χ3n) is 5.67. The molecule has 0 bridgehead atoms. The zero-order valence-electron chi connectivity index (χ0n) is 11.1. The number of hydrogen-bond donors (Lipinski definition) is 0. The van der Waals surface area contributed by atoms with Crippen LogP contribution in [-0.4, -0.2) is 23.5 Å². The van der Waals surface area contributed by atoms with Crippen LogP contribution in [0.2, 0.25) is 0 Å². The molecule has 1 saturated heterocycles. The van der Waals surface area contributed by atoms with Gasteiger partial charge in [0.25, 0.3) is 0 Å². The molecule has 2 saturated carbocycles. The van der Waals surface area contributed by atoms with E-state index in [0.717, 1.165) is 11.8 Å². The van der Waals surface area contributed by atoms with Crippen molar-refractivity contribution in [2.45, 2.75) is 50.0 Å². The van der Waals surface area contributed by atoms with Crippen LogP contribution < -0.4 is 0 Å². The highest BCUT2D eigenvalue weighted by molar-refractivity contribution is 5.39. The van der Waals surface area contributed by atoms with Gasteiger partial charge in [0, 0.05) is 11.5 Å². The van der Waals surface area contributed by atoms with Crippen molar-refractivity contribution in [3.05, 3.63) is 35.9 Å². The standard InChI is InChI=1S/C17H23N/c1-3-8-14(9-4-1)16-15-10-7-11-17(15,16)18-12-5-2-6-13-18/h1,3-4,8-9,15-16H,2,5-7,10-13H2/t15-,16+,17+/m0/s1. The Balaban J connectivity index is 1.63. The van der Waals surface area contributed by atoms with E-state index in [2.05, 4.69) is 35.2 Å². The fourth-order valence-corrected chi connectivity index (χ4v) is 4.95. The molecule has 96 valence electrons. The minimum absolute atomic E-state index is 0.585. The first-order valence-electron chi connectivity index (χ1n) is 7.73. The van der Waals surface area contributed by atoms with Crippen LogP contribution in [0.25, 0.3) is 0 Å². The highest BCUT2D eigenvalue weighted by Gasteiger charge is 2.69. The average molecular weight is 241 g/mol. The molecule has 2 aliphatic carbocycles. The molecule has 0 amide bonds. The SMILES string of the molecule is c1ccc([C@@H]2[C@@H]3CCC[C@]23N2CCCCC2)cc1. The number of nitrogens with zero attached hydrogens (tertiary/aromatic N) is 1. The molecule has 1 aromatic carbocycles. The van der Waals surface area contributed by atoms with Gasteiger partial charge in [-0.15, -0.1) is 0 Å². The van der Waals surface area contributed by atoms with Gasteiger partial charge >= 0.3 is 0 Å². The van der Waals surface area contributed by atoms with Crippen LogP contribution in [0.4, 0.5) is 0 Å². The van der Waals surface area contributed by atoms with Crippen LogP contribution in [0.1, 0.15) is 50.0 Å². The molecule has 3 atom stereocenters. The second-order valence-electron chi connectivity index (χ2n) is 6.43. The summed E-state index contributed by atoms with van der Waals surface area (Å²) in [6, 6.07) is 11.3. The van der Waals surface area contributed by atoms with E-state index < -0.39 is 0 Å². The molecule has 0 radical (unpaired) electrons. The number of benzene rings is 1. The van der Waals surface area contributed by atoms with Gasteiger partial charge in [0.1, 0.15) is 0 Å². The molecule has 0 aromatic heterocycles. The first kappa shape index (κ1) is 11.0. The normalized spacial score (nSPS) is 39.6. The summed E-state index contributed by atoms with van der Waals surface area (Å²) in [5, 5.41) is 0. The molecule has 1 aliphatic heterocycles.